The van der Waals surface area contributed by atoms with Crippen LogP contribution < -0.4 is 4.74 Å². The van der Waals surface area contributed by atoms with Gasteiger partial charge in [-0.1, -0.05) is 48.0 Å². The Balaban J connectivity index is 1.94. The van der Waals surface area contributed by atoms with E-state index in [0.717, 1.165) is 43.2 Å². The summed E-state index contributed by atoms with van der Waals surface area (Å²) < 4.78 is 5.95. The van der Waals surface area contributed by atoms with Crippen molar-refractivity contribution >= 4 is 11.6 Å². The molecule has 22 heavy (non-hydrogen) atoms. The fraction of sp³-hybridized carbons (Fsp3) is 0.368. The highest BCUT2D eigenvalue weighted by Gasteiger charge is 2.06. The van der Waals surface area contributed by atoms with Crippen molar-refractivity contribution in [1.82, 2.24) is 4.90 Å². The van der Waals surface area contributed by atoms with Crippen LogP contribution in [0.3, 0.4) is 0 Å². The fourth-order valence-corrected chi connectivity index (χ4v) is 2.52. The van der Waals surface area contributed by atoms with E-state index >= 15 is 0 Å². The minimum atomic E-state index is 0.719. The van der Waals surface area contributed by atoms with E-state index < -0.39 is 0 Å². The van der Waals surface area contributed by atoms with Gasteiger partial charge in [-0.25, -0.2) is 0 Å². The molecule has 3 heteroatoms. The van der Waals surface area contributed by atoms with Gasteiger partial charge in [0.2, 0.25) is 0 Å². The maximum atomic E-state index is 6.11. The molecule has 0 aromatic heterocycles. The summed E-state index contributed by atoms with van der Waals surface area (Å²) in [4.78, 5) is 2.16. The number of nitrogens with zero attached hydrogens (tertiary/aromatic N) is 1. The van der Waals surface area contributed by atoms with Gasteiger partial charge in [-0.05, 0) is 56.6 Å². The molecule has 0 aliphatic heterocycles. The van der Waals surface area contributed by atoms with Gasteiger partial charge in [-0.15, -0.1) is 0 Å². The topological polar surface area (TPSA) is 12.5 Å². The first-order valence-corrected chi connectivity index (χ1v) is 8.13. The van der Waals surface area contributed by atoms with E-state index in [9.17, 15) is 0 Å². The monoisotopic (exact) mass is 317 g/mol. The number of halogens is 1. The molecule has 0 atom stereocenters. The summed E-state index contributed by atoms with van der Waals surface area (Å²) in [5.74, 6) is 0.919. The minimum Gasteiger partial charge on any atom is -0.493 e. The summed E-state index contributed by atoms with van der Waals surface area (Å²) >= 11 is 6.11. The molecule has 2 aromatic carbocycles. The summed E-state index contributed by atoms with van der Waals surface area (Å²) in [7, 11) is 4.15. The second-order valence-corrected chi connectivity index (χ2v) is 6.18. The number of benzene rings is 2. The molecular formula is C19H24ClNO. The number of hydrogen-bond donors (Lipinski definition) is 0. The smallest absolute Gasteiger partial charge is 0.123 e. The van der Waals surface area contributed by atoms with Gasteiger partial charge >= 0.3 is 0 Å². The van der Waals surface area contributed by atoms with E-state index in [0.29, 0.717) is 0 Å². The van der Waals surface area contributed by atoms with Crippen molar-refractivity contribution in [3.8, 4) is 5.75 Å². The lowest BCUT2D eigenvalue weighted by Gasteiger charge is -2.14. The van der Waals surface area contributed by atoms with Crippen LogP contribution in [0.15, 0.2) is 48.5 Å². The lowest BCUT2D eigenvalue weighted by atomic mass is 10.0. The molecule has 2 rings (SSSR count). The summed E-state index contributed by atoms with van der Waals surface area (Å²) in [6, 6.07) is 16.5. The molecule has 0 unspecified atom stereocenters. The van der Waals surface area contributed by atoms with Gasteiger partial charge in [0.25, 0.3) is 0 Å². The van der Waals surface area contributed by atoms with Crippen molar-refractivity contribution < 1.29 is 4.74 Å². The molecule has 2 aromatic rings. The Morgan fingerprint density at radius 2 is 1.77 bits per heavy atom. The fourth-order valence-electron chi connectivity index (χ4n) is 2.36. The van der Waals surface area contributed by atoms with Gasteiger partial charge in [0.05, 0.1) is 6.61 Å². The molecule has 0 amide bonds. The molecule has 2 nitrogen and oxygen atoms in total. The third kappa shape index (κ3) is 5.70. The second kappa shape index (κ2) is 8.82. The average molecular weight is 318 g/mol. The average Bonchev–Trinajstić information content (AvgIpc) is 2.51. The van der Waals surface area contributed by atoms with Crippen molar-refractivity contribution in [2.24, 2.45) is 0 Å². The third-order valence-electron chi connectivity index (χ3n) is 3.56. The van der Waals surface area contributed by atoms with Crippen LogP contribution >= 0.6 is 11.6 Å². The van der Waals surface area contributed by atoms with E-state index in [1.807, 2.05) is 18.2 Å². The zero-order valence-corrected chi connectivity index (χ0v) is 14.1. The van der Waals surface area contributed by atoms with Crippen molar-refractivity contribution in [3.05, 3.63) is 64.7 Å². The SMILES string of the molecule is CN(C)CCCOc1cc(Cl)ccc1CCc1ccccc1. The Bertz CT molecular complexity index is 569. The van der Waals surface area contributed by atoms with Crippen LogP contribution in [0.4, 0.5) is 0 Å². The van der Waals surface area contributed by atoms with E-state index in [2.05, 4.69) is 49.3 Å². The highest BCUT2D eigenvalue weighted by Crippen LogP contribution is 2.25. The predicted molar refractivity (Wildman–Crippen MR) is 94.0 cm³/mol. The van der Waals surface area contributed by atoms with Crippen LogP contribution in [0.2, 0.25) is 5.02 Å². The summed E-state index contributed by atoms with van der Waals surface area (Å²) in [5.41, 5.74) is 2.56. The van der Waals surface area contributed by atoms with Crippen LogP contribution in [0.1, 0.15) is 17.5 Å². The molecule has 0 aliphatic rings. The molecule has 0 N–H and O–H groups in total. The van der Waals surface area contributed by atoms with Crippen LogP contribution in [0.5, 0.6) is 5.75 Å². The minimum absolute atomic E-state index is 0.719. The quantitative estimate of drug-likeness (QED) is 0.667. The predicted octanol–water partition coefficient (Wildman–Crippen LogP) is 4.46. The summed E-state index contributed by atoms with van der Waals surface area (Å²) in [5, 5.41) is 0.728. The van der Waals surface area contributed by atoms with Crippen molar-refractivity contribution in [2.75, 3.05) is 27.2 Å². The normalized spacial score (nSPS) is 10.9. The second-order valence-electron chi connectivity index (χ2n) is 5.74. The molecule has 0 bridgehead atoms. The van der Waals surface area contributed by atoms with E-state index in [-0.39, 0.29) is 0 Å². The molecule has 0 radical (unpaired) electrons. The Labute approximate surface area is 138 Å². The maximum absolute atomic E-state index is 6.11. The lowest BCUT2D eigenvalue weighted by Crippen LogP contribution is -2.15. The molecule has 0 saturated carbocycles. The lowest BCUT2D eigenvalue weighted by molar-refractivity contribution is 0.279. The first-order valence-electron chi connectivity index (χ1n) is 7.75. The van der Waals surface area contributed by atoms with E-state index in [1.54, 1.807) is 0 Å². The zero-order chi connectivity index (χ0) is 15.8. The van der Waals surface area contributed by atoms with Crippen molar-refractivity contribution in [1.29, 1.82) is 0 Å². The Morgan fingerprint density at radius 3 is 2.50 bits per heavy atom. The van der Waals surface area contributed by atoms with Crippen molar-refractivity contribution in [2.45, 2.75) is 19.3 Å². The van der Waals surface area contributed by atoms with Gasteiger partial charge in [-0.2, -0.15) is 0 Å². The number of aryl methyl sites for hydroxylation is 2. The zero-order valence-electron chi connectivity index (χ0n) is 13.4. The highest BCUT2D eigenvalue weighted by molar-refractivity contribution is 6.30. The Hall–Kier alpha value is -1.51. The number of hydrogen-bond acceptors (Lipinski definition) is 2. The molecule has 0 aliphatic carbocycles. The highest BCUT2D eigenvalue weighted by atomic mass is 35.5. The van der Waals surface area contributed by atoms with Gasteiger partial charge in [0, 0.05) is 11.6 Å². The van der Waals surface area contributed by atoms with Gasteiger partial charge < -0.3 is 9.64 Å². The van der Waals surface area contributed by atoms with Crippen LogP contribution in [0, 0.1) is 0 Å². The molecule has 118 valence electrons. The molecular weight excluding hydrogens is 294 g/mol. The summed E-state index contributed by atoms with van der Waals surface area (Å²) in [6.45, 7) is 1.75. The van der Waals surface area contributed by atoms with Crippen molar-refractivity contribution in [3.63, 3.8) is 0 Å². The number of rotatable bonds is 8. The van der Waals surface area contributed by atoms with E-state index in [1.165, 1.54) is 11.1 Å². The van der Waals surface area contributed by atoms with Crippen LogP contribution in [-0.2, 0) is 12.8 Å². The van der Waals surface area contributed by atoms with Gasteiger partial charge in [-0.3, -0.25) is 0 Å². The molecule has 0 saturated heterocycles. The standard InChI is InChI=1S/C19H24ClNO/c1-21(2)13-6-14-22-19-15-18(20)12-11-17(19)10-9-16-7-4-3-5-8-16/h3-5,7-8,11-12,15H,6,9-10,13-14H2,1-2H3. The first kappa shape index (κ1) is 16.9. The first-order chi connectivity index (χ1) is 10.6. The largest absolute Gasteiger partial charge is 0.493 e. The van der Waals surface area contributed by atoms with Crippen LogP contribution in [-0.4, -0.2) is 32.1 Å². The molecule has 0 spiro atoms. The molecule has 0 fully saturated rings. The number of ether oxygens (including phenoxy) is 1. The van der Waals surface area contributed by atoms with Gasteiger partial charge in [0.15, 0.2) is 0 Å². The Morgan fingerprint density at radius 1 is 1.00 bits per heavy atom. The van der Waals surface area contributed by atoms with E-state index in [4.69, 9.17) is 16.3 Å². The molecule has 0 heterocycles. The Kier molecular flexibility index (Phi) is 6.75. The van der Waals surface area contributed by atoms with Gasteiger partial charge in [0.1, 0.15) is 5.75 Å². The summed E-state index contributed by atoms with van der Waals surface area (Å²) in [6.07, 6.45) is 2.98. The van der Waals surface area contributed by atoms with Crippen LogP contribution in [0.25, 0.3) is 0 Å². The maximum Gasteiger partial charge on any atom is 0.123 e. The third-order valence-corrected chi connectivity index (χ3v) is 3.80.